The lowest BCUT2D eigenvalue weighted by Crippen LogP contribution is -2.27. The highest BCUT2D eigenvalue weighted by atomic mass is 19.1. The molecule has 1 saturated heterocycles. The maximum atomic E-state index is 12.9. The molecule has 1 aliphatic rings. The molecule has 2 heterocycles. The number of rotatable bonds is 4. The highest BCUT2D eigenvalue weighted by molar-refractivity contribution is 5.94. The summed E-state index contributed by atoms with van der Waals surface area (Å²) in [6.45, 7) is 2.21. The fourth-order valence-electron chi connectivity index (χ4n) is 2.56. The summed E-state index contributed by atoms with van der Waals surface area (Å²) in [5.74, 6) is -0.209. The number of benzene rings is 1. The lowest BCUT2D eigenvalue weighted by Gasteiger charge is -2.15. The minimum absolute atomic E-state index is 0.0374. The lowest BCUT2D eigenvalue weighted by molar-refractivity contribution is 0.0792. The summed E-state index contributed by atoms with van der Waals surface area (Å²) in [6.07, 6.45) is 5.43. The lowest BCUT2D eigenvalue weighted by atomic mass is 10.2. The Labute approximate surface area is 129 Å². The molecule has 4 nitrogen and oxygen atoms in total. The minimum atomic E-state index is -0.247. The van der Waals surface area contributed by atoms with Gasteiger partial charge in [0.15, 0.2) is 0 Å². The van der Waals surface area contributed by atoms with Gasteiger partial charge in [0.25, 0.3) is 5.91 Å². The van der Waals surface area contributed by atoms with Crippen molar-refractivity contribution in [3.63, 3.8) is 0 Å². The van der Waals surface area contributed by atoms with Crippen LogP contribution >= 0.6 is 0 Å². The summed E-state index contributed by atoms with van der Waals surface area (Å²) in [7, 11) is 0. The zero-order valence-electron chi connectivity index (χ0n) is 12.3. The molecule has 1 aromatic heterocycles. The van der Waals surface area contributed by atoms with Gasteiger partial charge in [-0.2, -0.15) is 0 Å². The van der Waals surface area contributed by atoms with Crippen molar-refractivity contribution in [2.45, 2.75) is 19.4 Å². The van der Waals surface area contributed by atoms with E-state index < -0.39 is 0 Å². The number of amides is 1. The van der Waals surface area contributed by atoms with Crippen molar-refractivity contribution in [1.82, 2.24) is 9.88 Å². The highest BCUT2D eigenvalue weighted by Crippen LogP contribution is 2.16. The van der Waals surface area contributed by atoms with Gasteiger partial charge in [0, 0.05) is 32.0 Å². The number of nitrogens with zero attached hydrogens (tertiary/aromatic N) is 2. The Morgan fingerprint density at radius 3 is 2.64 bits per heavy atom. The van der Waals surface area contributed by atoms with Gasteiger partial charge in [0.2, 0.25) is 0 Å². The third kappa shape index (κ3) is 3.42. The summed E-state index contributed by atoms with van der Waals surface area (Å²) in [5.41, 5.74) is 2.36. The topological polar surface area (TPSA) is 45.2 Å². The monoisotopic (exact) mass is 299 g/mol. The van der Waals surface area contributed by atoms with Gasteiger partial charge in [0.1, 0.15) is 5.82 Å². The van der Waals surface area contributed by atoms with Gasteiger partial charge < -0.3 is 10.2 Å². The standard InChI is InChI=1S/C17H18FN3O/c18-15-5-3-13(4-6-15)10-20-16-9-14(11-19-12-16)17(22)21-7-1-2-8-21/h3-6,9,11-12,20H,1-2,7-8,10H2. The van der Waals surface area contributed by atoms with Gasteiger partial charge in [-0.25, -0.2) is 4.39 Å². The Balaban J connectivity index is 1.65. The first kappa shape index (κ1) is 14.5. The van der Waals surface area contributed by atoms with E-state index in [1.807, 2.05) is 11.0 Å². The van der Waals surface area contributed by atoms with E-state index in [1.54, 1.807) is 24.5 Å². The van der Waals surface area contributed by atoms with Crippen LogP contribution in [0.3, 0.4) is 0 Å². The van der Waals surface area contributed by atoms with Gasteiger partial charge >= 0.3 is 0 Å². The number of anilines is 1. The number of nitrogens with one attached hydrogen (secondary N) is 1. The number of hydrogen-bond donors (Lipinski definition) is 1. The second-order valence-corrected chi connectivity index (χ2v) is 5.44. The van der Waals surface area contributed by atoms with E-state index in [-0.39, 0.29) is 11.7 Å². The summed E-state index contributed by atoms with van der Waals surface area (Å²) in [5, 5.41) is 3.21. The largest absolute Gasteiger partial charge is 0.380 e. The smallest absolute Gasteiger partial charge is 0.255 e. The van der Waals surface area contributed by atoms with E-state index in [2.05, 4.69) is 10.3 Å². The number of likely N-dealkylation sites (tertiary alicyclic amines) is 1. The first-order valence-electron chi connectivity index (χ1n) is 7.45. The van der Waals surface area contributed by atoms with Crippen molar-refractivity contribution < 1.29 is 9.18 Å². The molecule has 0 bridgehead atoms. The first-order chi connectivity index (χ1) is 10.7. The first-order valence-corrected chi connectivity index (χ1v) is 7.45. The number of aromatic nitrogens is 1. The second kappa shape index (κ2) is 6.56. The van der Waals surface area contributed by atoms with Crippen LogP contribution in [0, 0.1) is 5.82 Å². The number of carbonyl (C=O) groups excluding carboxylic acids is 1. The van der Waals surface area contributed by atoms with Crippen molar-refractivity contribution in [3.05, 3.63) is 59.7 Å². The number of carbonyl (C=O) groups is 1. The molecule has 0 aliphatic carbocycles. The zero-order valence-corrected chi connectivity index (χ0v) is 12.3. The fraction of sp³-hybridized carbons (Fsp3) is 0.294. The molecular weight excluding hydrogens is 281 g/mol. The maximum absolute atomic E-state index is 12.9. The van der Waals surface area contributed by atoms with E-state index in [1.165, 1.54) is 12.1 Å². The predicted octanol–water partition coefficient (Wildman–Crippen LogP) is 3.07. The van der Waals surface area contributed by atoms with E-state index in [0.717, 1.165) is 37.2 Å². The van der Waals surface area contributed by atoms with Gasteiger partial charge in [0.05, 0.1) is 11.3 Å². The van der Waals surface area contributed by atoms with Crippen LogP contribution in [0.15, 0.2) is 42.7 Å². The molecule has 114 valence electrons. The van der Waals surface area contributed by atoms with Crippen molar-refractivity contribution in [2.24, 2.45) is 0 Å². The quantitative estimate of drug-likeness (QED) is 0.943. The fourth-order valence-corrected chi connectivity index (χ4v) is 2.56. The Bertz CT molecular complexity index is 651. The van der Waals surface area contributed by atoms with E-state index >= 15 is 0 Å². The van der Waals surface area contributed by atoms with E-state index in [4.69, 9.17) is 0 Å². The normalized spacial score (nSPS) is 14.1. The van der Waals surface area contributed by atoms with Crippen LogP contribution in [0.25, 0.3) is 0 Å². The van der Waals surface area contributed by atoms with E-state index in [0.29, 0.717) is 12.1 Å². The highest BCUT2D eigenvalue weighted by Gasteiger charge is 2.19. The van der Waals surface area contributed by atoms with Crippen LogP contribution in [0.5, 0.6) is 0 Å². The third-order valence-corrected chi connectivity index (χ3v) is 3.79. The van der Waals surface area contributed by atoms with Crippen LogP contribution in [0.2, 0.25) is 0 Å². The van der Waals surface area contributed by atoms with Crippen molar-refractivity contribution in [2.75, 3.05) is 18.4 Å². The predicted molar refractivity (Wildman–Crippen MR) is 83.1 cm³/mol. The summed E-state index contributed by atoms with van der Waals surface area (Å²) < 4.78 is 12.9. The molecule has 3 rings (SSSR count). The minimum Gasteiger partial charge on any atom is -0.380 e. The molecule has 1 fully saturated rings. The SMILES string of the molecule is O=C(c1cncc(NCc2ccc(F)cc2)c1)N1CCCC1. The van der Waals surface area contributed by atoms with Crippen LogP contribution in [0.1, 0.15) is 28.8 Å². The molecule has 0 spiro atoms. The molecule has 0 saturated carbocycles. The molecule has 1 N–H and O–H groups in total. The Morgan fingerprint density at radius 2 is 1.91 bits per heavy atom. The molecule has 5 heteroatoms. The summed E-state index contributed by atoms with van der Waals surface area (Å²) in [4.78, 5) is 18.3. The molecule has 1 aromatic carbocycles. The average molecular weight is 299 g/mol. The Kier molecular flexibility index (Phi) is 4.32. The Hall–Kier alpha value is -2.43. The molecule has 1 amide bonds. The van der Waals surface area contributed by atoms with E-state index in [9.17, 15) is 9.18 Å². The van der Waals surface area contributed by atoms with Crippen molar-refractivity contribution >= 4 is 11.6 Å². The van der Waals surface area contributed by atoms with Gasteiger partial charge in [-0.05, 0) is 36.6 Å². The van der Waals surface area contributed by atoms with Crippen LogP contribution in [-0.4, -0.2) is 28.9 Å². The Morgan fingerprint density at radius 1 is 1.18 bits per heavy atom. The summed E-state index contributed by atoms with van der Waals surface area (Å²) >= 11 is 0. The van der Waals surface area contributed by atoms with Crippen LogP contribution < -0.4 is 5.32 Å². The molecule has 22 heavy (non-hydrogen) atoms. The number of hydrogen-bond acceptors (Lipinski definition) is 3. The van der Waals surface area contributed by atoms with Crippen LogP contribution in [0.4, 0.5) is 10.1 Å². The second-order valence-electron chi connectivity index (χ2n) is 5.44. The number of pyridine rings is 1. The van der Waals surface area contributed by atoms with Crippen molar-refractivity contribution in [1.29, 1.82) is 0 Å². The van der Waals surface area contributed by atoms with Crippen molar-refractivity contribution in [3.8, 4) is 0 Å². The molecule has 1 aliphatic heterocycles. The molecule has 0 unspecified atom stereocenters. The number of halogens is 1. The van der Waals surface area contributed by atoms with Gasteiger partial charge in [-0.1, -0.05) is 12.1 Å². The zero-order chi connectivity index (χ0) is 15.4. The molecule has 0 atom stereocenters. The molecule has 2 aromatic rings. The van der Waals surface area contributed by atoms with Gasteiger partial charge in [-0.3, -0.25) is 9.78 Å². The average Bonchev–Trinajstić information content (AvgIpc) is 3.08. The third-order valence-electron chi connectivity index (χ3n) is 3.79. The molecular formula is C17H18FN3O. The van der Waals surface area contributed by atoms with Gasteiger partial charge in [-0.15, -0.1) is 0 Å². The summed E-state index contributed by atoms with van der Waals surface area (Å²) in [6, 6.07) is 8.15. The maximum Gasteiger partial charge on any atom is 0.255 e. The molecule has 0 radical (unpaired) electrons. The van der Waals surface area contributed by atoms with Crippen LogP contribution in [-0.2, 0) is 6.54 Å².